The quantitative estimate of drug-likeness (QED) is 0.523. The van der Waals surface area contributed by atoms with Crippen molar-refractivity contribution >= 4 is 0 Å². The van der Waals surface area contributed by atoms with Crippen LogP contribution in [0.25, 0.3) is 0 Å². The van der Waals surface area contributed by atoms with E-state index >= 15 is 0 Å². The van der Waals surface area contributed by atoms with Crippen LogP contribution in [0.3, 0.4) is 0 Å². The van der Waals surface area contributed by atoms with Gasteiger partial charge in [-0.25, -0.2) is 9.97 Å². The van der Waals surface area contributed by atoms with Crippen molar-refractivity contribution in [3.8, 4) is 11.8 Å². The van der Waals surface area contributed by atoms with E-state index in [1.165, 1.54) is 44.9 Å². The minimum Gasteiger partial charge on any atom is -0.229 e. The lowest BCUT2D eigenvalue weighted by atomic mass is 10.1. The molecular weight excluding hydrogens is 208 g/mol. The van der Waals surface area contributed by atoms with Crippen LogP contribution in [-0.2, 0) is 0 Å². The lowest BCUT2D eigenvalue weighted by molar-refractivity contribution is 0.594. The van der Waals surface area contributed by atoms with E-state index in [1.54, 1.807) is 12.4 Å². The van der Waals surface area contributed by atoms with Gasteiger partial charge in [0.15, 0.2) is 0 Å². The Hall–Kier alpha value is -1.36. The van der Waals surface area contributed by atoms with Gasteiger partial charge in [0.05, 0.1) is 0 Å². The fourth-order valence-electron chi connectivity index (χ4n) is 1.68. The molecule has 0 fully saturated rings. The molecule has 0 aliphatic rings. The van der Waals surface area contributed by atoms with Crippen LogP contribution in [0.4, 0.5) is 0 Å². The smallest absolute Gasteiger partial charge is 0.204 e. The van der Waals surface area contributed by atoms with Gasteiger partial charge >= 0.3 is 0 Å². The van der Waals surface area contributed by atoms with Crippen LogP contribution in [-0.4, -0.2) is 9.97 Å². The number of hydrogen-bond donors (Lipinski definition) is 0. The second kappa shape index (κ2) is 9.84. The first-order valence-corrected chi connectivity index (χ1v) is 6.69. The second-order valence-corrected chi connectivity index (χ2v) is 4.25. The molecule has 0 bridgehead atoms. The number of hydrogen-bond acceptors (Lipinski definition) is 2. The zero-order valence-electron chi connectivity index (χ0n) is 10.8. The number of unbranched alkanes of at least 4 members (excludes halogenated alkanes) is 7. The molecule has 17 heavy (non-hydrogen) atoms. The van der Waals surface area contributed by atoms with Crippen LogP contribution in [0.5, 0.6) is 0 Å². The molecule has 0 saturated carbocycles. The molecule has 2 heteroatoms. The molecule has 0 aliphatic heterocycles. The van der Waals surface area contributed by atoms with Gasteiger partial charge in [-0.1, -0.05) is 51.4 Å². The Morgan fingerprint density at radius 1 is 0.941 bits per heavy atom. The Kier molecular flexibility index (Phi) is 7.93. The molecule has 2 nitrogen and oxygen atoms in total. The summed E-state index contributed by atoms with van der Waals surface area (Å²) in [7, 11) is 0. The summed E-state index contributed by atoms with van der Waals surface area (Å²) in [4.78, 5) is 8.12. The minimum absolute atomic E-state index is 0.635. The third-order valence-corrected chi connectivity index (χ3v) is 2.67. The van der Waals surface area contributed by atoms with E-state index in [0.717, 1.165) is 6.42 Å². The van der Waals surface area contributed by atoms with Gasteiger partial charge in [-0.05, 0) is 18.4 Å². The van der Waals surface area contributed by atoms with Gasteiger partial charge in [0.25, 0.3) is 0 Å². The van der Waals surface area contributed by atoms with Crippen molar-refractivity contribution in [2.45, 2.75) is 58.3 Å². The van der Waals surface area contributed by atoms with Crippen molar-refractivity contribution < 1.29 is 0 Å². The van der Waals surface area contributed by atoms with Gasteiger partial charge in [0, 0.05) is 18.8 Å². The van der Waals surface area contributed by atoms with Crippen molar-refractivity contribution in [1.82, 2.24) is 9.97 Å². The van der Waals surface area contributed by atoms with Crippen molar-refractivity contribution in [1.29, 1.82) is 0 Å². The van der Waals surface area contributed by atoms with Gasteiger partial charge in [-0.15, -0.1) is 0 Å². The average molecular weight is 230 g/mol. The van der Waals surface area contributed by atoms with Crippen molar-refractivity contribution in [3.05, 3.63) is 24.3 Å². The van der Waals surface area contributed by atoms with Crippen LogP contribution in [0, 0.1) is 11.8 Å². The maximum absolute atomic E-state index is 4.06. The monoisotopic (exact) mass is 230 g/mol. The zero-order valence-corrected chi connectivity index (χ0v) is 10.8. The highest BCUT2D eigenvalue weighted by Crippen LogP contribution is 2.07. The summed E-state index contributed by atoms with van der Waals surface area (Å²) in [5.41, 5.74) is 0. The molecule has 0 spiro atoms. The van der Waals surface area contributed by atoms with Gasteiger partial charge in [0.2, 0.25) is 5.82 Å². The van der Waals surface area contributed by atoms with E-state index in [-0.39, 0.29) is 0 Å². The molecule has 0 amide bonds. The van der Waals surface area contributed by atoms with Crippen LogP contribution < -0.4 is 0 Å². The van der Waals surface area contributed by atoms with E-state index in [9.17, 15) is 0 Å². The first-order chi connectivity index (χ1) is 8.43. The van der Waals surface area contributed by atoms with Crippen LogP contribution in [0.1, 0.15) is 64.1 Å². The molecule has 0 aliphatic carbocycles. The third kappa shape index (κ3) is 7.52. The molecule has 0 atom stereocenters. The van der Waals surface area contributed by atoms with Gasteiger partial charge in [-0.3, -0.25) is 0 Å². The van der Waals surface area contributed by atoms with Crippen molar-refractivity contribution in [2.24, 2.45) is 0 Å². The molecule has 0 saturated heterocycles. The lowest BCUT2D eigenvalue weighted by Crippen LogP contribution is -1.84. The summed E-state index contributed by atoms with van der Waals surface area (Å²) in [5, 5.41) is 0. The number of rotatable bonds is 7. The predicted octanol–water partition coefficient (Wildman–Crippen LogP) is 3.97. The maximum atomic E-state index is 4.06. The summed E-state index contributed by atoms with van der Waals surface area (Å²) >= 11 is 0. The maximum Gasteiger partial charge on any atom is 0.204 e. The van der Waals surface area contributed by atoms with Crippen LogP contribution in [0.2, 0.25) is 0 Å². The van der Waals surface area contributed by atoms with Gasteiger partial charge in [0.1, 0.15) is 0 Å². The summed E-state index contributed by atoms with van der Waals surface area (Å²) in [6, 6.07) is 1.81. The van der Waals surface area contributed by atoms with E-state index < -0.39 is 0 Å². The second-order valence-electron chi connectivity index (χ2n) is 4.25. The summed E-state index contributed by atoms with van der Waals surface area (Å²) < 4.78 is 0. The van der Waals surface area contributed by atoms with E-state index in [2.05, 4.69) is 28.7 Å². The highest BCUT2D eigenvalue weighted by atomic mass is 14.8. The largest absolute Gasteiger partial charge is 0.229 e. The Morgan fingerprint density at radius 2 is 1.59 bits per heavy atom. The van der Waals surface area contributed by atoms with Gasteiger partial charge < -0.3 is 0 Å². The molecule has 0 aromatic carbocycles. The predicted molar refractivity (Wildman–Crippen MR) is 71.5 cm³/mol. The molecule has 1 aromatic rings. The standard InChI is InChI=1S/C15H22N2/c1-2-3-4-5-6-7-8-9-10-12-15-16-13-11-14-17-15/h11,13-14H,2-9H2,1H3. The summed E-state index contributed by atoms with van der Waals surface area (Å²) in [6.45, 7) is 2.25. The number of nitrogens with zero attached hydrogens (tertiary/aromatic N) is 2. The third-order valence-electron chi connectivity index (χ3n) is 2.67. The normalized spacial score (nSPS) is 9.71. The lowest BCUT2D eigenvalue weighted by Gasteiger charge is -1.97. The summed E-state index contributed by atoms with van der Waals surface area (Å²) in [5.74, 6) is 6.75. The first kappa shape index (κ1) is 13.7. The van der Waals surface area contributed by atoms with E-state index in [0.29, 0.717) is 5.82 Å². The average Bonchev–Trinajstić information content (AvgIpc) is 2.38. The molecule has 0 N–H and O–H groups in total. The van der Waals surface area contributed by atoms with Crippen LogP contribution in [0.15, 0.2) is 18.5 Å². The zero-order chi connectivity index (χ0) is 12.2. The summed E-state index contributed by atoms with van der Waals surface area (Å²) in [6.07, 6.45) is 13.7. The van der Waals surface area contributed by atoms with E-state index in [4.69, 9.17) is 0 Å². The fourth-order valence-corrected chi connectivity index (χ4v) is 1.68. The van der Waals surface area contributed by atoms with Gasteiger partial charge in [-0.2, -0.15) is 0 Å². The Balaban J connectivity index is 1.99. The van der Waals surface area contributed by atoms with Crippen molar-refractivity contribution in [2.75, 3.05) is 0 Å². The molecule has 0 radical (unpaired) electrons. The topological polar surface area (TPSA) is 25.8 Å². The molecule has 92 valence electrons. The highest BCUT2D eigenvalue weighted by molar-refractivity contribution is 5.19. The first-order valence-electron chi connectivity index (χ1n) is 6.69. The van der Waals surface area contributed by atoms with Crippen LogP contribution >= 0.6 is 0 Å². The molecule has 0 unspecified atom stereocenters. The Morgan fingerprint density at radius 3 is 2.29 bits per heavy atom. The Bertz CT molecular complexity index is 335. The minimum atomic E-state index is 0.635. The molecular formula is C15H22N2. The SMILES string of the molecule is CCCCCCCCCC#Cc1ncccn1. The number of aromatic nitrogens is 2. The Labute approximate surface area is 105 Å². The highest BCUT2D eigenvalue weighted by Gasteiger charge is 1.89. The molecule has 1 aromatic heterocycles. The fraction of sp³-hybridized carbons (Fsp3) is 0.600. The van der Waals surface area contributed by atoms with E-state index in [1.807, 2.05) is 6.07 Å². The van der Waals surface area contributed by atoms with Crippen molar-refractivity contribution in [3.63, 3.8) is 0 Å². The molecule has 1 heterocycles. The molecule has 1 rings (SSSR count).